The molecule has 5 heteroatoms. The standard InChI is InChI=1S/C15H23NO4/c1-15(2,19-3)8-9-20-14(18)13(16)10-11-4-6-12(17)7-5-11/h4-7,13,17H,8-10,16H2,1-3H3/t13-/m0/s1. The minimum absolute atomic E-state index is 0.187. The number of esters is 1. The van der Waals surface area contributed by atoms with Gasteiger partial charge in [-0.25, -0.2) is 0 Å². The zero-order valence-corrected chi connectivity index (χ0v) is 12.3. The minimum Gasteiger partial charge on any atom is -0.508 e. The fourth-order valence-electron chi connectivity index (χ4n) is 1.58. The molecule has 5 nitrogen and oxygen atoms in total. The molecule has 0 aromatic heterocycles. The van der Waals surface area contributed by atoms with Gasteiger partial charge in [-0.1, -0.05) is 12.1 Å². The van der Waals surface area contributed by atoms with Crippen molar-refractivity contribution in [3.8, 4) is 5.75 Å². The monoisotopic (exact) mass is 281 g/mol. The van der Waals surface area contributed by atoms with E-state index in [4.69, 9.17) is 15.2 Å². The fourth-order valence-corrected chi connectivity index (χ4v) is 1.58. The molecule has 0 aliphatic heterocycles. The molecule has 0 radical (unpaired) electrons. The van der Waals surface area contributed by atoms with E-state index in [0.717, 1.165) is 5.56 Å². The van der Waals surface area contributed by atoms with Crippen molar-refractivity contribution < 1.29 is 19.4 Å². The van der Waals surface area contributed by atoms with Crippen molar-refractivity contribution >= 4 is 5.97 Å². The number of carbonyl (C=O) groups excluding carboxylic acids is 1. The Hall–Kier alpha value is -1.59. The second kappa shape index (κ2) is 7.26. The molecule has 1 aromatic carbocycles. The van der Waals surface area contributed by atoms with Gasteiger partial charge in [-0.3, -0.25) is 4.79 Å². The number of benzene rings is 1. The zero-order chi connectivity index (χ0) is 15.2. The van der Waals surface area contributed by atoms with Crippen LogP contribution in [-0.2, 0) is 20.7 Å². The molecule has 112 valence electrons. The lowest BCUT2D eigenvalue weighted by atomic mass is 10.1. The third kappa shape index (κ3) is 5.59. The Bertz CT molecular complexity index is 428. The van der Waals surface area contributed by atoms with Gasteiger partial charge in [-0.05, 0) is 38.0 Å². The molecule has 1 rings (SSSR count). The van der Waals surface area contributed by atoms with Gasteiger partial charge in [0.15, 0.2) is 0 Å². The van der Waals surface area contributed by atoms with Gasteiger partial charge in [-0.15, -0.1) is 0 Å². The molecule has 0 heterocycles. The van der Waals surface area contributed by atoms with E-state index in [-0.39, 0.29) is 18.0 Å². The Labute approximate surface area is 119 Å². The average molecular weight is 281 g/mol. The molecule has 0 unspecified atom stereocenters. The first kappa shape index (κ1) is 16.5. The molecule has 0 amide bonds. The molecule has 0 spiro atoms. The lowest BCUT2D eigenvalue weighted by Gasteiger charge is -2.22. The first-order chi connectivity index (χ1) is 9.34. The van der Waals surface area contributed by atoms with Crippen LogP contribution >= 0.6 is 0 Å². The van der Waals surface area contributed by atoms with Crippen LogP contribution in [0.15, 0.2) is 24.3 Å². The molecule has 20 heavy (non-hydrogen) atoms. The first-order valence-electron chi connectivity index (χ1n) is 6.59. The molecule has 1 atom stereocenters. The minimum atomic E-state index is -0.704. The fraction of sp³-hybridized carbons (Fsp3) is 0.533. The number of ether oxygens (including phenoxy) is 2. The lowest BCUT2D eigenvalue weighted by molar-refractivity contribution is -0.146. The van der Waals surface area contributed by atoms with Crippen LogP contribution < -0.4 is 5.73 Å². The van der Waals surface area contributed by atoms with Gasteiger partial charge in [0.05, 0.1) is 12.2 Å². The predicted octanol–water partition coefficient (Wildman–Crippen LogP) is 1.62. The number of hydrogen-bond acceptors (Lipinski definition) is 5. The quantitative estimate of drug-likeness (QED) is 0.742. The summed E-state index contributed by atoms with van der Waals surface area (Å²) in [6.45, 7) is 4.14. The highest BCUT2D eigenvalue weighted by Gasteiger charge is 2.19. The Morgan fingerprint density at radius 2 is 1.95 bits per heavy atom. The summed E-state index contributed by atoms with van der Waals surface area (Å²) in [6.07, 6.45) is 0.994. The summed E-state index contributed by atoms with van der Waals surface area (Å²) in [7, 11) is 1.62. The van der Waals surface area contributed by atoms with Gasteiger partial charge >= 0.3 is 5.97 Å². The van der Waals surface area contributed by atoms with Crippen LogP contribution in [0.4, 0.5) is 0 Å². The van der Waals surface area contributed by atoms with Crippen molar-refractivity contribution in [2.24, 2.45) is 5.73 Å². The lowest BCUT2D eigenvalue weighted by Crippen LogP contribution is -2.35. The second-order valence-corrected chi connectivity index (χ2v) is 5.36. The molecule has 1 aromatic rings. The maximum atomic E-state index is 11.8. The van der Waals surface area contributed by atoms with Gasteiger partial charge in [0.25, 0.3) is 0 Å². The van der Waals surface area contributed by atoms with Crippen LogP contribution in [0.3, 0.4) is 0 Å². The predicted molar refractivity (Wildman–Crippen MR) is 76.5 cm³/mol. The number of aromatic hydroxyl groups is 1. The van der Waals surface area contributed by atoms with Crippen molar-refractivity contribution in [1.82, 2.24) is 0 Å². The van der Waals surface area contributed by atoms with Crippen LogP contribution in [0.25, 0.3) is 0 Å². The summed E-state index contributed by atoms with van der Waals surface area (Å²) in [6, 6.07) is 5.89. The third-order valence-corrected chi connectivity index (χ3v) is 3.20. The van der Waals surface area contributed by atoms with E-state index >= 15 is 0 Å². The van der Waals surface area contributed by atoms with Gasteiger partial charge in [0.2, 0.25) is 0 Å². The summed E-state index contributed by atoms with van der Waals surface area (Å²) in [5, 5.41) is 9.18. The Morgan fingerprint density at radius 3 is 2.50 bits per heavy atom. The molecular formula is C15H23NO4. The SMILES string of the molecule is COC(C)(C)CCOC(=O)[C@@H](N)Cc1ccc(O)cc1. The van der Waals surface area contributed by atoms with E-state index in [1.54, 1.807) is 31.4 Å². The van der Waals surface area contributed by atoms with Crippen molar-refractivity contribution in [2.75, 3.05) is 13.7 Å². The number of hydrogen-bond donors (Lipinski definition) is 2. The number of carbonyl (C=O) groups is 1. The van der Waals surface area contributed by atoms with E-state index < -0.39 is 12.0 Å². The summed E-state index contributed by atoms with van der Waals surface area (Å²) < 4.78 is 10.4. The van der Waals surface area contributed by atoms with Crippen LogP contribution in [0.1, 0.15) is 25.8 Å². The number of nitrogens with two attached hydrogens (primary N) is 1. The Kier molecular flexibility index (Phi) is 5.98. The third-order valence-electron chi connectivity index (χ3n) is 3.20. The van der Waals surface area contributed by atoms with Crippen LogP contribution in [-0.4, -0.2) is 36.4 Å². The van der Waals surface area contributed by atoms with Gasteiger partial charge < -0.3 is 20.3 Å². The van der Waals surface area contributed by atoms with Gasteiger partial charge in [0, 0.05) is 13.5 Å². The van der Waals surface area contributed by atoms with E-state index in [1.807, 2.05) is 13.8 Å². The molecule has 0 saturated heterocycles. The summed E-state index contributed by atoms with van der Waals surface area (Å²) in [5.41, 5.74) is 6.36. The molecule has 0 aliphatic rings. The molecule has 0 bridgehead atoms. The average Bonchev–Trinajstić information content (AvgIpc) is 2.41. The van der Waals surface area contributed by atoms with Gasteiger partial charge in [-0.2, -0.15) is 0 Å². The number of phenolic OH excluding ortho intramolecular Hbond substituents is 1. The summed E-state index contributed by atoms with van der Waals surface area (Å²) in [4.78, 5) is 11.8. The van der Waals surface area contributed by atoms with Crippen molar-refractivity contribution in [3.63, 3.8) is 0 Å². The largest absolute Gasteiger partial charge is 0.508 e. The second-order valence-electron chi connectivity index (χ2n) is 5.36. The van der Waals surface area contributed by atoms with Crippen LogP contribution in [0.5, 0.6) is 5.75 Å². The van der Waals surface area contributed by atoms with Crippen molar-refractivity contribution in [1.29, 1.82) is 0 Å². The molecule has 0 saturated carbocycles. The number of rotatable bonds is 7. The maximum Gasteiger partial charge on any atom is 0.323 e. The van der Waals surface area contributed by atoms with E-state index in [9.17, 15) is 9.90 Å². The van der Waals surface area contributed by atoms with Crippen LogP contribution in [0.2, 0.25) is 0 Å². The first-order valence-corrected chi connectivity index (χ1v) is 6.59. The highest BCUT2D eigenvalue weighted by Crippen LogP contribution is 2.13. The Balaban J connectivity index is 2.38. The highest BCUT2D eigenvalue weighted by molar-refractivity contribution is 5.75. The molecule has 0 aliphatic carbocycles. The summed E-state index contributed by atoms with van der Waals surface area (Å²) in [5.74, 6) is -0.239. The van der Waals surface area contributed by atoms with Crippen molar-refractivity contribution in [3.05, 3.63) is 29.8 Å². The van der Waals surface area contributed by atoms with E-state index in [0.29, 0.717) is 12.8 Å². The topological polar surface area (TPSA) is 81.8 Å². The summed E-state index contributed by atoms with van der Waals surface area (Å²) >= 11 is 0. The van der Waals surface area contributed by atoms with E-state index in [1.165, 1.54) is 0 Å². The van der Waals surface area contributed by atoms with Crippen LogP contribution in [0, 0.1) is 0 Å². The molecular weight excluding hydrogens is 258 g/mol. The normalized spacial score (nSPS) is 13.0. The molecule has 3 N–H and O–H groups in total. The Morgan fingerprint density at radius 1 is 1.35 bits per heavy atom. The number of phenols is 1. The van der Waals surface area contributed by atoms with Crippen molar-refractivity contribution in [2.45, 2.75) is 38.3 Å². The maximum absolute atomic E-state index is 11.8. The van der Waals surface area contributed by atoms with E-state index in [2.05, 4.69) is 0 Å². The molecule has 0 fully saturated rings. The highest BCUT2D eigenvalue weighted by atomic mass is 16.5. The zero-order valence-electron chi connectivity index (χ0n) is 12.3. The smallest absolute Gasteiger partial charge is 0.323 e. The van der Waals surface area contributed by atoms with Gasteiger partial charge in [0.1, 0.15) is 11.8 Å². The number of methoxy groups -OCH3 is 1.